The van der Waals surface area contributed by atoms with E-state index in [2.05, 4.69) is 0 Å². The van der Waals surface area contributed by atoms with Gasteiger partial charge in [0.15, 0.2) is 0 Å². The zero-order valence-corrected chi connectivity index (χ0v) is 11.8. The molecule has 0 amide bonds. The zero-order chi connectivity index (χ0) is 13.3. The number of hydrogen-bond donors (Lipinski definition) is 0. The number of hydrogen-bond acceptors (Lipinski definition) is 0. The van der Waals surface area contributed by atoms with Gasteiger partial charge in [0.05, 0.1) is 5.02 Å². The van der Waals surface area contributed by atoms with Crippen molar-refractivity contribution < 1.29 is 4.39 Å². The fourth-order valence-corrected chi connectivity index (χ4v) is 2.51. The summed E-state index contributed by atoms with van der Waals surface area (Å²) in [6.45, 7) is 3.95. The molecule has 18 heavy (non-hydrogen) atoms. The standard InChI is InChI=1S/C15H20ClFN/c1-10(2)12-8-11(9-13(16)14(12)17)4-3-5-15(18)6-7-15/h8-10,18H,3-7H2,1-2H3/q-1. The van der Waals surface area contributed by atoms with E-state index in [9.17, 15) is 4.39 Å². The SMILES string of the molecule is CC(C)c1cc(CCCC2([NH-])CC2)cc(Cl)c1F. The van der Waals surface area contributed by atoms with Crippen LogP contribution in [-0.2, 0) is 6.42 Å². The third-order valence-electron chi connectivity index (χ3n) is 3.71. The van der Waals surface area contributed by atoms with E-state index in [1.54, 1.807) is 6.07 Å². The van der Waals surface area contributed by atoms with Crippen molar-refractivity contribution in [3.05, 3.63) is 39.8 Å². The van der Waals surface area contributed by atoms with Gasteiger partial charge in [-0.25, -0.2) is 4.39 Å². The molecule has 1 aromatic rings. The van der Waals surface area contributed by atoms with Gasteiger partial charge in [0.2, 0.25) is 0 Å². The second-order valence-corrected chi connectivity index (χ2v) is 6.18. The second-order valence-electron chi connectivity index (χ2n) is 5.77. The van der Waals surface area contributed by atoms with E-state index in [4.69, 9.17) is 17.3 Å². The number of benzene rings is 1. The van der Waals surface area contributed by atoms with Crippen LogP contribution in [-0.4, -0.2) is 5.54 Å². The molecule has 0 unspecified atom stereocenters. The Hall–Kier alpha value is -0.600. The lowest BCUT2D eigenvalue weighted by Crippen LogP contribution is -2.02. The Morgan fingerprint density at radius 3 is 2.61 bits per heavy atom. The van der Waals surface area contributed by atoms with E-state index < -0.39 is 0 Å². The summed E-state index contributed by atoms with van der Waals surface area (Å²) in [6, 6.07) is 3.65. The molecule has 0 radical (unpaired) electrons. The number of nitrogens with one attached hydrogen (secondary N) is 1. The van der Waals surface area contributed by atoms with Crippen molar-refractivity contribution in [2.45, 2.75) is 57.4 Å². The predicted molar refractivity (Wildman–Crippen MR) is 74.7 cm³/mol. The topological polar surface area (TPSA) is 23.8 Å². The van der Waals surface area contributed by atoms with E-state index in [0.29, 0.717) is 5.56 Å². The molecule has 1 nitrogen and oxygen atoms in total. The van der Waals surface area contributed by atoms with Crippen molar-refractivity contribution in [1.82, 2.24) is 0 Å². The van der Waals surface area contributed by atoms with Crippen molar-refractivity contribution in [2.75, 3.05) is 0 Å². The van der Waals surface area contributed by atoms with Crippen molar-refractivity contribution in [1.29, 1.82) is 0 Å². The molecular formula is C15H20ClFN-. The summed E-state index contributed by atoms with van der Waals surface area (Å²) in [5.41, 5.74) is 9.55. The largest absolute Gasteiger partial charge is 0.672 e. The molecule has 0 saturated heterocycles. The summed E-state index contributed by atoms with van der Waals surface area (Å²) in [7, 11) is 0. The van der Waals surface area contributed by atoms with Gasteiger partial charge in [-0.1, -0.05) is 57.2 Å². The third kappa shape index (κ3) is 3.24. The van der Waals surface area contributed by atoms with Crippen LogP contribution in [0, 0.1) is 5.82 Å². The summed E-state index contributed by atoms with van der Waals surface area (Å²) < 4.78 is 13.8. The smallest absolute Gasteiger partial charge is 0.145 e. The number of rotatable bonds is 5. The highest BCUT2D eigenvalue weighted by molar-refractivity contribution is 6.30. The molecule has 0 spiro atoms. The van der Waals surface area contributed by atoms with Crippen molar-refractivity contribution >= 4 is 11.6 Å². The van der Waals surface area contributed by atoms with Gasteiger partial charge >= 0.3 is 0 Å². The quantitative estimate of drug-likeness (QED) is 0.672. The Morgan fingerprint density at radius 1 is 1.39 bits per heavy atom. The summed E-state index contributed by atoms with van der Waals surface area (Å²) in [5.74, 6) is -0.136. The summed E-state index contributed by atoms with van der Waals surface area (Å²) >= 11 is 5.93. The minimum atomic E-state index is -0.283. The maximum Gasteiger partial charge on any atom is 0.145 e. The van der Waals surface area contributed by atoms with Crippen LogP contribution in [0.2, 0.25) is 5.02 Å². The minimum absolute atomic E-state index is 0.147. The maximum absolute atomic E-state index is 13.8. The lowest BCUT2D eigenvalue weighted by Gasteiger charge is -2.17. The highest BCUT2D eigenvalue weighted by Crippen LogP contribution is 2.43. The van der Waals surface area contributed by atoms with Gasteiger partial charge in [-0.15, -0.1) is 5.54 Å². The summed E-state index contributed by atoms with van der Waals surface area (Å²) in [4.78, 5) is 0. The van der Waals surface area contributed by atoms with E-state index in [1.165, 1.54) is 0 Å². The average Bonchev–Trinajstić information content (AvgIpc) is 3.01. The van der Waals surface area contributed by atoms with Crippen LogP contribution in [0.4, 0.5) is 4.39 Å². The first kappa shape index (κ1) is 13.8. The molecule has 1 fully saturated rings. The molecule has 3 heteroatoms. The first-order chi connectivity index (χ1) is 8.41. The molecule has 0 heterocycles. The van der Waals surface area contributed by atoms with E-state index in [0.717, 1.165) is 37.7 Å². The van der Waals surface area contributed by atoms with Crippen LogP contribution < -0.4 is 0 Å². The van der Waals surface area contributed by atoms with Gasteiger partial charge in [-0.2, -0.15) is 0 Å². The van der Waals surface area contributed by atoms with Crippen molar-refractivity contribution in [3.8, 4) is 0 Å². The molecule has 0 aliphatic heterocycles. The summed E-state index contributed by atoms with van der Waals surface area (Å²) in [5, 5.41) is 0.225. The predicted octanol–water partition coefficient (Wildman–Crippen LogP) is 5.51. The average molecular weight is 269 g/mol. The van der Waals surface area contributed by atoms with Crippen LogP contribution in [0.1, 0.15) is 56.6 Å². The molecule has 1 saturated carbocycles. The van der Waals surface area contributed by atoms with Gasteiger partial charge in [0.25, 0.3) is 0 Å². The fourth-order valence-electron chi connectivity index (χ4n) is 2.27. The van der Waals surface area contributed by atoms with Gasteiger partial charge < -0.3 is 5.73 Å². The molecule has 1 aliphatic carbocycles. The van der Waals surface area contributed by atoms with Crippen molar-refractivity contribution in [2.24, 2.45) is 0 Å². The molecular weight excluding hydrogens is 249 g/mol. The molecule has 0 bridgehead atoms. The van der Waals surface area contributed by atoms with Crippen LogP contribution in [0.15, 0.2) is 12.1 Å². The second kappa shape index (κ2) is 5.18. The highest BCUT2D eigenvalue weighted by Gasteiger charge is 2.28. The van der Waals surface area contributed by atoms with Crippen LogP contribution in [0.25, 0.3) is 5.73 Å². The fraction of sp³-hybridized carbons (Fsp3) is 0.600. The number of halogens is 2. The molecule has 0 aromatic heterocycles. The Labute approximate surface area is 114 Å². The van der Waals surface area contributed by atoms with Gasteiger partial charge in [0.1, 0.15) is 5.82 Å². The highest BCUT2D eigenvalue weighted by atomic mass is 35.5. The van der Waals surface area contributed by atoms with E-state index in [1.807, 2.05) is 19.9 Å². The zero-order valence-electron chi connectivity index (χ0n) is 11.0. The van der Waals surface area contributed by atoms with Crippen LogP contribution in [0.5, 0.6) is 0 Å². The van der Waals surface area contributed by atoms with E-state index >= 15 is 0 Å². The maximum atomic E-state index is 13.8. The van der Waals surface area contributed by atoms with Gasteiger partial charge in [-0.3, -0.25) is 0 Å². The normalized spacial score (nSPS) is 17.2. The Kier molecular flexibility index (Phi) is 3.98. The molecule has 1 aliphatic rings. The Balaban J connectivity index is 2.03. The first-order valence-electron chi connectivity index (χ1n) is 6.64. The Bertz CT molecular complexity index is 438. The lowest BCUT2D eigenvalue weighted by atomic mass is 9.97. The monoisotopic (exact) mass is 268 g/mol. The molecule has 1 aromatic carbocycles. The van der Waals surface area contributed by atoms with Crippen LogP contribution in [0.3, 0.4) is 0 Å². The number of aryl methyl sites for hydroxylation is 1. The van der Waals surface area contributed by atoms with Gasteiger partial charge in [-0.05, 0) is 29.5 Å². The van der Waals surface area contributed by atoms with Gasteiger partial charge in [0, 0.05) is 0 Å². The molecule has 100 valence electrons. The van der Waals surface area contributed by atoms with Crippen molar-refractivity contribution in [3.63, 3.8) is 0 Å². The summed E-state index contributed by atoms with van der Waals surface area (Å²) in [6.07, 6.45) is 4.89. The Morgan fingerprint density at radius 2 is 2.06 bits per heavy atom. The van der Waals surface area contributed by atoms with E-state index in [-0.39, 0.29) is 22.3 Å². The third-order valence-corrected chi connectivity index (χ3v) is 3.99. The molecule has 0 atom stereocenters. The molecule has 1 N–H and O–H groups in total. The van der Waals surface area contributed by atoms with Crippen LogP contribution >= 0.6 is 11.6 Å². The molecule has 2 rings (SSSR count). The lowest BCUT2D eigenvalue weighted by molar-refractivity contribution is 0.595. The minimum Gasteiger partial charge on any atom is -0.672 e. The first-order valence-corrected chi connectivity index (χ1v) is 7.02.